The zero-order chi connectivity index (χ0) is 11.4. The minimum Gasteiger partial charge on any atom is -0.497 e. The molecule has 1 unspecified atom stereocenters. The second-order valence-corrected chi connectivity index (χ2v) is 4.36. The third-order valence-corrected chi connectivity index (χ3v) is 3.46. The molecule has 82 valence electrons. The smallest absolute Gasteiger partial charge is 0.147 e. The lowest BCUT2D eigenvalue weighted by atomic mass is 10.0. The highest BCUT2D eigenvalue weighted by molar-refractivity contribution is 9.09. The number of benzene rings is 1. The maximum atomic E-state index is 11.3. The van der Waals surface area contributed by atoms with Crippen LogP contribution >= 0.6 is 15.9 Å². The van der Waals surface area contributed by atoms with Gasteiger partial charge in [-0.05, 0) is 36.6 Å². The molecule has 2 nitrogen and oxygen atoms in total. The summed E-state index contributed by atoms with van der Waals surface area (Å²) >= 11 is 3.37. The van der Waals surface area contributed by atoms with Gasteiger partial charge in [-0.15, -0.1) is 0 Å². The van der Waals surface area contributed by atoms with Gasteiger partial charge in [-0.25, -0.2) is 0 Å². The van der Waals surface area contributed by atoms with Gasteiger partial charge >= 0.3 is 0 Å². The van der Waals surface area contributed by atoms with Crippen LogP contribution in [0.5, 0.6) is 5.75 Å². The summed E-state index contributed by atoms with van der Waals surface area (Å²) in [7, 11) is 1.63. The van der Waals surface area contributed by atoms with Crippen LogP contribution < -0.4 is 4.74 Å². The number of carbonyl (C=O) groups excluding carboxylic acids is 1. The number of Topliss-reactive ketones (excluding diaryl/α,β-unsaturated/α-hetero) is 1. The fourth-order valence-electron chi connectivity index (χ4n) is 1.39. The van der Waals surface area contributed by atoms with Gasteiger partial charge in [0.1, 0.15) is 11.5 Å². The van der Waals surface area contributed by atoms with E-state index in [1.807, 2.05) is 18.2 Å². The predicted molar refractivity (Wildman–Crippen MR) is 64.7 cm³/mol. The Bertz CT molecular complexity index is 338. The first-order valence-corrected chi connectivity index (χ1v) is 5.82. The number of rotatable bonds is 4. The molecule has 0 radical (unpaired) electrons. The number of hydrogen-bond donors (Lipinski definition) is 0. The van der Waals surface area contributed by atoms with Crippen molar-refractivity contribution in [2.45, 2.75) is 25.1 Å². The van der Waals surface area contributed by atoms with Crippen molar-refractivity contribution in [2.24, 2.45) is 0 Å². The summed E-state index contributed by atoms with van der Waals surface area (Å²) in [6.45, 7) is 3.65. The Morgan fingerprint density at radius 2 is 2.13 bits per heavy atom. The largest absolute Gasteiger partial charge is 0.497 e. The summed E-state index contributed by atoms with van der Waals surface area (Å²) in [6.07, 6.45) is 0.932. The standard InChI is InChI=1S/C12H15BrO2/c1-4-9-5-10(12(13)8(2)14)7-11(6-9)15-3/h5-7,12H,4H2,1-3H3. The molecule has 0 spiro atoms. The van der Waals surface area contributed by atoms with E-state index < -0.39 is 0 Å². The normalized spacial score (nSPS) is 12.3. The molecule has 1 atom stereocenters. The quantitative estimate of drug-likeness (QED) is 0.785. The van der Waals surface area contributed by atoms with Gasteiger partial charge in [-0.2, -0.15) is 0 Å². The van der Waals surface area contributed by atoms with Crippen LogP contribution in [0.2, 0.25) is 0 Å². The van der Waals surface area contributed by atoms with Gasteiger partial charge in [-0.3, -0.25) is 4.79 Å². The van der Waals surface area contributed by atoms with Gasteiger partial charge in [-0.1, -0.05) is 28.9 Å². The topological polar surface area (TPSA) is 26.3 Å². The molecule has 0 saturated carbocycles. The number of methoxy groups -OCH3 is 1. The number of ketones is 1. The molecule has 0 saturated heterocycles. The van der Waals surface area contributed by atoms with Crippen LogP contribution in [0.15, 0.2) is 18.2 Å². The highest BCUT2D eigenvalue weighted by atomic mass is 79.9. The van der Waals surface area contributed by atoms with Crippen LogP contribution in [0.3, 0.4) is 0 Å². The van der Waals surface area contributed by atoms with E-state index in [0.717, 1.165) is 17.7 Å². The molecule has 0 aliphatic heterocycles. The van der Waals surface area contributed by atoms with Crippen LogP contribution in [-0.2, 0) is 11.2 Å². The molecule has 1 aromatic rings. The summed E-state index contributed by atoms with van der Waals surface area (Å²) < 4.78 is 5.20. The lowest BCUT2D eigenvalue weighted by Gasteiger charge is -2.10. The third-order valence-electron chi connectivity index (χ3n) is 2.28. The average molecular weight is 271 g/mol. The molecular formula is C12H15BrO2. The van der Waals surface area contributed by atoms with Crippen molar-refractivity contribution < 1.29 is 9.53 Å². The zero-order valence-corrected chi connectivity index (χ0v) is 10.8. The van der Waals surface area contributed by atoms with Crippen molar-refractivity contribution >= 4 is 21.7 Å². The molecule has 0 heterocycles. The highest BCUT2D eigenvalue weighted by Gasteiger charge is 2.14. The van der Waals surface area contributed by atoms with Gasteiger partial charge in [0, 0.05) is 0 Å². The molecule has 0 fully saturated rings. The van der Waals surface area contributed by atoms with Gasteiger partial charge in [0.2, 0.25) is 0 Å². The number of hydrogen-bond acceptors (Lipinski definition) is 2. The number of aryl methyl sites for hydroxylation is 1. The molecule has 0 aromatic heterocycles. The van der Waals surface area contributed by atoms with Gasteiger partial charge in [0.25, 0.3) is 0 Å². The van der Waals surface area contributed by atoms with Crippen molar-refractivity contribution in [3.05, 3.63) is 29.3 Å². The van der Waals surface area contributed by atoms with E-state index in [-0.39, 0.29) is 10.6 Å². The SMILES string of the molecule is CCc1cc(OC)cc(C(Br)C(C)=O)c1. The van der Waals surface area contributed by atoms with Crippen LogP contribution in [0, 0.1) is 0 Å². The monoisotopic (exact) mass is 270 g/mol. The Morgan fingerprint density at radius 1 is 1.47 bits per heavy atom. The van der Waals surface area contributed by atoms with Crippen LogP contribution in [0.25, 0.3) is 0 Å². The van der Waals surface area contributed by atoms with Crippen LogP contribution in [0.1, 0.15) is 29.8 Å². The van der Waals surface area contributed by atoms with E-state index in [1.165, 1.54) is 5.56 Å². The third kappa shape index (κ3) is 3.06. The fourth-order valence-corrected chi connectivity index (χ4v) is 1.65. The summed E-state index contributed by atoms with van der Waals surface area (Å²) in [6, 6.07) is 5.91. The molecule has 3 heteroatoms. The molecule has 0 bridgehead atoms. The van der Waals surface area contributed by atoms with Crippen LogP contribution in [-0.4, -0.2) is 12.9 Å². The number of halogens is 1. The minimum absolute atomic E-state index is 0.102. The van der Waals surface area contributed by atoms with E-state index in [0.29, 0.717) is 0 Å². The van der Waals surface area contributed by atoms with Gasteiger partial charge < -0.3 is 4.74 Å². The second kappa shape index (κ2) is 5.31. The van der Waals surface area contributed by atoms with Crippen molar-refractivity contribution in [1.29, 1.82) is 0 Å². The van der Waals surface area contributed by atoms with E-state index in [4.69, 9.17) is 4.74 Å². The maximum Gasteiger partial charge on any atom is 0.147 e. The fraction of sp³-hybridized carbons (Fsp3) is 0.417. The maximum absolute atomic E-state index is 11.3. The van der Waals surface area contributed by atoms with Gasteiger partial charge in [0.05, 0.1) is 11.9 Å². The summed E-state index contributed by atoms with van der Waals surface area (Å²) in [5.74, 6) is 0.903. The first-order chi connectivity index (χ1) is 7.08. The summed E-state index contributed by atoms with van der Waals surface area (Å²) in [5, 5.41) is 0. The van der Waals surface area contributed by atoms with E-state index in [1.54, 1.807) is 14.0 Å². The average Bonchev–Trinajstić information content (AvgIpc) is 2.27. The minimum atomic E-state index is -0.238. The first-order valence-electron chi connectivity index (χ1n) is 4.90. The molecule has 0 amide bonds. The van der Waals surface area contributed by atoms with E-state index >= 15 is 0 Å². The molecule has 1 aromatic carbocycles. The number of carbonyl (C=O) groups is 1. The number of ether oxygens (including phenoxy) is 1. The van der Waals surface area contributed by atoms with Crippen LogP contribution in [0.4, 0.5) is 0 Å². The molecule has 15 heavy (non-hydrogen) atoms. The Labute approximate surface area is 98.8 Å². The second-order valence-electron chi connectivity index (χ2n) is 3.44. The molecule has 0 aliphatic rings. The lowest BCUT2D eigenvalue weighted by Crippen LogP contribution is -2.02. The summed E-state index contributed by atoms with van der Waals surface area (Å²) in [4.78, 5) is 11.0. The molecular weight excluding hydrogens is 256 g/mol. The zero-order valence-electron chi connectivity index (χ0n) is 9.21. The molecule has 0 N–H and O–H groups in total. The predicted octanol–water partition coefficient (Wildman–Crippen LogP) is 3.28. The van der Waals surface area contributed by atoms with E-state index in [2.05, 4.69) is 22.9 Å². The van der Waals surface area contributed by atoms with Crippen molar-refractivity contribution in [1.82, 2.24) is 0 Å². The van der Waals surface area contributed by atoms with Crippen molar-refractivity contribution in [3.8, 4) is 5.75 Å². The first kappa shape index (κ1) is 12.2. The molecule has 0 aliphatic carbocycles. The van der Waals surface area contributed by atoms with Gasteiger partial charge in [0.15, 0.2) is 0 Å². The Balaban J connectivity index is 3.11. The van der Waals surface area contributed by atoms with Crippen molar-refractivity contribution in [3.63, 3.8) is 0 Å². The Morgan fingerprint density at radius 3 is 2.60 bits per heavy atom. The highest BCUT2D eigenvalue weighted by Crippen LogP contribution is 2.28. The van der Waals surface area contributed by atoms with E-state index in [9.17, 15) is 4.79 Å². The Kier molecular flexibility index (Phi) is 4.33. The lowest BCUT2D eigenvalue weighted by molar-refractivity contribution is -0.116. The Hall–Kier alpha value is -0.830. The number of alkyl halides is 1. The summed E-state index contributed by atoms with van der Waals surface area (Å²) in [5.41, 5.74) is 2.13. The van der Waals surface area contributed by atoms with Crippen molar-refractivity contribution in [2.75, 3.05) is 7.11 Å². The molecule has 1 rings (SSSR count).